The second-order valence-corrected chi connectivity index (χ2v) is 5.64. The summed E-state index contributed by atoms with van der Waals surface area (Å²) in [7, 11) is 1.64. The van der Waals surface area contributed by atoms with Gasteiger partial charge in [0.15, 0.2) is 0 Å². The summed E-state index contributed by atoms with van der Waals surface area (Å²) in [6.07, 6.45) is 7.01. The highest BCUT2D eigenvalue weighted by Gasteiger charge is 2.13. The average molecular weight is 314 g/mol. The average Bonchev–Trinajstić information content (AvgIpc) is 2.45. The summed E-state index contributed by atoms with van der Waals surface area (Å²) >= 11 is 0. The van der Waals surface area contributed by atoms with E-state index in [1.165, 1.54) is 0 Å². The first kappa shape index (κ1) is 20.6. The Morgan fingerprint density at radius 3 is 2.14 bits per heavy atom. The van der Waals surface area contributed by atoms with E-state index in [2.05, 4.69) is 10.6 Å². The molecule has 128 valence electrons. The first-order chi connectivity index (χ1) is 10.5. The van der Waals surface area contributed by atoms with Crippen molar-refractivity contribution in [2.45, 2.75) is 70.8 Å². The molecule has 6 heteroatoms. The van der Waals surface area contributed by atoms with Crippen LogP contribution in [-0.2, 0) is 14.4 Å². The van der Waals surface area contributed by atoms with Crippen LogP contribution in [0.4, 0.5) is 0 Å². The Balaban J connectivity index is 3.43. The molecule has 0 aromatic rings. The third-order valence-electron chi connectivity index (χ3n) is 3.57. The maximum atomic E-state index is 11.6. The van der Waals surface area contributed by atoms with Crippen LogP contribution in [0.25, 0.3) is 0 Å². The van der Waals surface area contributed by atoms with Crippen molar-refractivity contribution in [1.82, 2.24) is 10.6 Å². The fraction of sp³-hybridized carbons (Fsp3) is 0.812. The van der Waals surface area contributed by atoms with Gasteiger partial charge >= 0.3 is 5.97 Å². The van der Waals surface area contributed by atoms with Gasteiger partial charge in [-0.3, -0.25) is 9.59 Å². The van der Waals surface area contributed by atoms with Crippen LogP contribution in [-0.4, -0.2) is 42.4 Å². The van der Waals surface area contributed by atoms with Gasteiger partial charge in [-0.1, -0.05) is 12.8 Å². The monoisotopic (exact) mass is 314 g/mol. The molecule has 0 rings (SSSR count). The highest BCUT2D eigenvalue weighted by molar-refractivity contribution is 5.76. The first-order valence-corrected chi connectivity index (χ1v) is 8.13. The lowest BCUT2D eigenvalue weighted by atomic mass is 10.1. The molecule has 1 unspecified atom stereocenters. The van der Waals surface area contributed by atoms with Crippen LogP contribution in [0.15, 0.2) is 0 Å². The van der Waals surface area contributed by atoms with Crippen molar-refractivity contribution in [3.05, 3.63) is 0 Å². The molecule has 0 aromatic carbocycles. The number of unbranched alkanes of at least 4 members (excludes halogenated alkanes) is 4. The van der Waals surface area contributed by atoms with Crippen LogP contribution < -0.4 is 10.6 Å². The number of Topliss-reactive ketones (excluding diaryl/α,β-unsaturated/α-hetero) is 1. The predicted octanol–water partition coefficient (Wildman–Crippen LogP) is 1.88. The van der Waals surface area contributed by atoms with Gasteiger partial charge in [0, 0.05) is 19.4 Å². The van der Waals surface area contributed by atoms with E-state index in [0.717, 1.165) is 38.5 Å². The van der Waals surface area contributed by atoms with Gasteiger partial charge in [0.25, 0.3) is 0 Å². The molecule has 0 aliphatic carbocycles. The highest BCUT2D eigenvalue weighted by atomic mass is 16.4. The number of carbonyl (C=O) groups is 3. The Hall–Kier alpha value is -1.43. The lowest BCUT2D eigenvalue weighted by Gasteiger charge is -2.10. The largest absolute Gasteiger partial charge is 0.480 e. The number of amides is 1. The fourth-order valence-corrected chi connectivity index (χ4v) is 2.19. The Kier molecular flexibility index (Phi) is 12.4. The molecule has 0 saturated carbocycles. The number of ketones is 1. The molecule has 0 fully saturated rings. The summed E-state index contributed by atoms with van der Waals surface area (Å²) in [4.78, 5) is 33.1. The fourth-order valence-electron chi connectivity index (χ4n) is 2.19. The van der Waals surface area contributed by atoms with E-state index in [1.807, 2.05) is 0 Å². The molecule has 0 aromatic heterocycles. The molecular weight excluding hydrogens is 284 g/mol. The van der Waals surface area contributed by atoms with Gasteiger partial charge in [-0.2, -0.15) is 0 Å². The van der Waals surface area contributed by atoms with Crippen molar-refractivity contribution in [3.8, 4) is 0 Å². The van der Waals surface area contributed by atoms with E-state index >= 15 is 0 Å². The zero-order valence-corrected chi connectivity index (χ0v) is 13.8. The van der Waals surface area contributed by atoms with Gasteiger partial charge in [-0.15, -0.1) is 0 Å². The maximum Gasteiger partial charge on any atom is 0.320 e. The molecule has 0 aliphatic heterocycles. The van der Waals surface area contributed by atoms with Crippen LogP contribution >= 0.6 is 0 Å². The van der Waals surface area contributed by atoms with Crippen molar-refractivity contribution in [3.63, 3.8) is 0 Å². The molecule has 22 heavy (non-hydrogen) atoms. The van der Waals surface area contributed by atoms with Gasteiger partial charge in [-0.25, -0.2) is 0 Å². The number of nitrogens with one attached hydrogen (secondary N) is 2. The molecular formula is C16H30N2O4. The first-order valence-electron chi connectivity index (χ1n) is 8.13. The van der Waals surface area contributed by atoms with Crippen molar-refractivity contribution < 1.29 is 19.5 Å². The third kappa shape index (κ3) is 12.3. The summed E-state index contributed by atoms with van der Waals surface area (Å²) in [5.41, 5.74) is 0. The molecule has 0 aliphatic rings. The standard InChI is InChI=1S/C16H30N2O4/c1-13(19)9-5-3-4-6-11-15(20)18-12-8-7-10-14(17-2)16(21)22/h14,17H,3-12H2,1-2H3,(H,18,20)(H,21,22). The van der Waals surface area contributed by atoms with E-state index < -0.39 is 12.0 Å². The minimum absolute atomic E-state index is 0.0509. The van der Waals surface area contributed by atoms with Crippen LogP contribution in [0.3, 0.4) is 0 Å². The highest BCUT2D eigenvalue weighted by Crippen LogP contribution is 2.06. The van der Waals surface area contributed by atoms with E-state index in [1.54, 1.807) is 14.0 Å². The van der Waals surface area contributed by atoms with Crippen LogP contribution in [0.5, 0.6) is 0 Å². The summed E-state index contributed by atoms with van der Waals surface area (Å²) in [5, 5.41) is 14.5. The smallest absolute Gasteiger partial charge is 0.320 e. The molecule has 0 spiro atoms. The van der Waals surface area contributed by atoms with Gasteiger partial charge in [0.05, 0.1) is 0 Å². The predicted molar refractivity (Wildman–Crippen MR) is 85.7 cm³/mol. The number of likely N-dealkylation sites (N-methyl/N-ethyl adjacent to an activating group) is 1. The Morgan fingerprint density at radius 2 is 1.59 bits per heavy atom. The number of rotatable bonds is 14. The van der Waals surface area contributed by atoms with Crippen molar-refractivity contribution in [2.24, 2.45) is 0 Å². The van der Waals surface area contributed by atoms with Gasteiger partial charge < -0.3 is 20.5 Å². The second kappa shape index (κ2) is 13.2. The number of hydrogen-bond donors (Lipinski definition) is 3. The van der Waals surface area contributed by atoms with E-state index in [4.69, 9.17) is 5.11 Å². The Bertz CT molecular complexity index is 345. The molecule has 6 nitrogen and oxygen atoms in total. The quantitative estimate of drug-likeness (QED) is 0.425. The Labute approximate surface area is 133 Å². The van der Waals surface area contributed by atoms with Crippen LogP contribution in [0.1, 0.15) is 64.7 Å². The third-order valence-corrected chi connectivity index (χ3v) is 3.57. The minimum Gasteiger partial charge on any atom is -0.480 e. The summed E-state index contributed by atoms with van der Waals surface area (Å²) in [5.74, 6) is -0.563. The van der Waals surface area contributed by atoms with E-state index in [0.29, 0.717) is 25.8 Å². The lowest BCUT2D eigenvalue weighted by molar-refractivity contribution is -0.139. The van der Waals surface area contributed by atoms with Crippen molar-refractivity contribution in [1.29, 1.82) is 0 Å². The number of carboxylic acids is 1. The van der Waals surface area contributed by atoms with Gasteiger partial charge in [0.2, 0.25) is 5.91 Å². The minimum atomic E-state index is -0.837. The molecule has 3 N–H and O–H groups in total. The molecule has 0 radical (unpaired) electrons. The Morgan fingerprint density at radius 1 is 0.955 bits per heavy atom. The number of hydrogen-bond acceptors (Lipinski definition) is 4. The van der Waals surface area contributed by atoms with E-state index in [9.17, 15) is 14.4 Å². The number of aliphatic carboxylic acids is 1. The normalized spacial score (nSPS) is 11.9. The van der Waals surface area contributed by atoms with Crippen LogP contribution in [0, 0.1) is 0 Å². The second-order valence-electron chi connectivity index (χ2n) is 5.64. The van der Waals surface area contributed by atoms with E-state index in [-0.39, 0.29) is 11.7 Å². The SMILES string of the molecule is CNC(CCCCNC(=O)CCCCCCC(C)=O)C(=O)O. The van der Waals surface area contributed by atoms with Gasteiger partial charge in [-0.05, 0) is 46.1 Å². The van der Waals surface area contributed by atoms with Crippen molar-refractivity contribution >= 4 is 17.7 Å². The molecule has 0 saturated heterocycles. The molecule has 0 heterocycles. The topological polar surface area (TPSA) is 95.5 Å². The summed E-state index contributed by atoms with van der Waals surface area (Å²) < 4.78 is 0. The summed E-state index contributed by atoms with van der Waals surface area (Å²) in [6, 6.07) is -0.509. The molecule has 0 bridgehead atoms. The zero-order valence-electron chi connectivity index (χ0n) is 13.8. The lowest BCUT2D eigenvalue weighted by Crippen LogP contribution is -2.33. The number of carboxylic acid groups (broad SMARTS) is 1. The zero-order chi connectivity index (χ0) is 16.8. The number of carbonyl (C=O) groups excluding carboxylic acids is 2. The molecule has 1 atom stereocenters. The summed E-state index contributed by atoms with van der Waals surface area (Å²) in [6.45, 7) is 2.20. The maximum absolute atomic E-state index is 11.6. The van der Waals surface area contributed by atoms with Crippen molar-refractivity contribution in [2.75, 3.05) is 13.6 Å². The van der Waals surface area contributed by atoms with Crippen LogP contribution in [0.2, 0.25) is 0 Å². The van der Waals surface area contributed by atoms with Gasteiger partial charge in [0.1, 0.15) is 11.8 Å². The molecule has 1 amide bonds.